The Kier molecular flexibility index (Phi) is 9.89. The Morgan fingerprint density at radius 3 is 2.50 bits per heavy atom. The molecule has 2 aromatic carbocycles. The number of benzene rings is 2. The van der Waals surface area contributed by atoms with Crippen LogP contribution in [0.4, 0.5) is 0 Å². The molecule has 1 aliphatic heterocycles. The summed E-state index contributed by atoms with van der Waals surface area (Å²) in [5, 5.41) is 0. The zero-order valence-electron chi connectivity index (χ0n) is 24.1. The van der Waals surface area contributed by atoms with Crippen LogP contribution in [0.3, 0.4) is 0 Å². The number of methoxy groups -OCH3 is 2. The van der Waals surface area contributed by atoms with Crippen LogP contribution in [0.25, 0.3) is 6.08 Å². The minimum Gasteiger partial charge on any atom is -0.493 e. The van der Waals surface area contributed by atoms with Crippen LogP contribution in [0.1, 0.15) is 44.9 Å². The number of carbonyl (C=O) groups is 2. The van der Waals surface area contributed by atoms with Crippen LogP contribution >= 0.6 is 27.3 Å². The van der Waals surface area contributed by atoms with Gasteiger partial charge in [0.2, 0.25) is 0 Å². The summed E-state index contributed by atoms with van der Waals surface area (Å²) >= 11 is 4.67. The molecule has 0 unspecified atom stereocenters. The summed E-state index contributed by atoms with van der Waals surface area (Å²) < 4.78 is 29.5. The number of fused-ring (bicyclic) bond motifs is 1. The van der Waals surface area contributed by atoms with E-state index in [0.29, 0.717) is 47.9 Å². The second kappa shape index (κ2) is 13.4. The SMILES string of the molecule is CCOC(=O)C1=C(C)N=c2s/c(=C\c3ccc(OCC(=O)OC)c(Br)c3)c(=O)n2[C@@H]1c1ccc(OC(C)C)c(OC)c1. The van der Waals surface area contributed by atoms with Gasteiger partial charge in [0.15, 0.2) is 22.9 Å². The number of esters is 2. The Bertz CT molecular complexity index is 1720. The van der Waals surface area contributed by atoms with Gasteiger partial charge in [-0.1, -0.05) is 23.5 Å². The van der Waals surface area contributed by atoms with Crippen molar-refractivity contribution < 1.29 is 33.3 Å². The lowest BCUT2D eigenvalue weighted by Crippen LogP contribution is -2.40. The number of aromatic nitrogens is 1. The summed E-state index contributed by atoms with van der Waals surface area (Å²) in [7, 11) is 2.82. The maximum atomic E-state index is 13.9. The maximum absolute atomic E-state index is 13.9. The Morgan fingerprint density at radius 2 is 1.86 bits per heavy atom. The number of rotatable bonds is 10. The van der Waals surface area contributed by atoms with Crippen molar-refractivity contribution in [3.8, 4) is 17.2 Å². The Morgan fingerprint density at radius 1 is 1.12 bits per heavy atom. The molecule has 0 saturated heterocycles. The van der Waals surface area contributed by atoms with Crippen LogP contribution in [0.15, 0.2) is 61.9 Å². The average molecular weight is 660 g/mol. The second-order valence-electron chi connectivity index (χ2n) is 9.43. The standard InChI is InChI=1S/C30H31BrN2O8S/c1-7-39-29(36)26-17(4)32-30-33(27(26)19-9-11-22(41-16(2)3)23(14-19)37-5)28(35)24(42-30)13-18-8-10-21(20(31)12-18)40-15-25(34)38-6/h8-14,16,27H,7,15H2,1-6H3/b24-13-/t27-/m1/s1. The quantitative estimate of drug-likeness (QED) is 0.301. The molecule has 1 atom stereocenters. The summed E-state index contributed by atoms with van der Waals surface area (Å²) in [5.41, 5.74) is 1.77. The van der Waals surface area contributed by atoms with E-state index < -0.39 is 18.0 Å². The smallest absolute Gasteiger partial charge is 0.343 e. The number of hydrogen-bond donors (Lipinski definition) is 0. The van der Waals surface area contributed by atoms with Crippen molar-refractivity contribution >= 4 is 45.3 Å². The van der Waals surface area contributed by atoms with Gasteiger partial charge in [-0.2, -0.15) is 0 Å². The van der Waals surface area contributed by atoms with Gasteiger partial charge in [-0.05, 0) is 85.1 Å². The number of carbonyl (C=O) groups excluding carboxylic acids is 2. The summed E-state index contributed by atoms with van der Waals surface area (Å²) in [6.45, 7) is 7.22. The molecule has 10 nitrogen and oxygen atoms in total. The van der Waals surface area contributed by atoms with Crippen LogP contribution in [-0.2, 0) is 19.1 Å². The van der Waals surface area contributed by atoms with Crippen LogP contribution in [-0.4, -0.2) is 50.0 Å². The normalized spacial score (nSPS) is 14.8. The summed E-state index contributed by atoms with van der Waals surface area (Å²) in [6.07, 6.45) is 1.66. The lowest BCUT2D eigenvalue weighted by molar-refractivity contribution is -0.143. The van der Waals surface area contributed by atoms with Crippen LogP contribution in [0.2, 0.25) is 0 Å². The van der Waals surface area contributed by atoms with Gasteiger partial charge in [0.1, 0.15) is 5.75 Å². The lowest BCUT2D eigenvalue weighted by Gasteiger charge is -2.25. The van der Waals surface area contributed by atoms with Crippen LogP contribution in [0, 0.1) is 0 Å². The van der Waals surface area contributed by atoms with Crippen molar-refractivity contribution in [1.29, 1.82) is 0 Å². The van der Waals surface area contributed by atoms with Gasteiger partial charge >= 0.3 is 11.9 Å². The number of nitrogens with zero attached hydrogens (tertiary/aromatic N) is 2. The molecule has 0 saturated carbocycles. The van der Waals surface area contributed by atoms with E-state index in [1.165, 1.54) is 30.1 Å². The van der Waals surface area contributed by atoms with Crippen molar-refractivity contribution in [3.05, 3.63) is 83.0 Å². The molecule has 1 aliphatic rings. The third-order valence-corrected chi connectivity index (χ3v) is 7.81. The molecule has 0 bridgehead atoms. The molecule has 0 aliphatic carbocycles. The van der Waals surface area contributed by atoms with Crippen molar-refractivity contribution in [3.63, 3.8) is 0 Å². The van der Waals surface area contributed by atoms with E-state index in [4.69, 9.17) is 18.9 Å². The second-order valence-corrected chi connectivity index (χ2v) is 11.3. The average Bonchev–Trinajstić information content (AvgIpc) is 3.25. The van der Waals surface area contributed by atoms with E-state index in [9.17, 15) is 14.4 Å². The molecule has 0 amide bonds. The van der Waals surface area contributed by atoms with Crippen LogP contribution < -0.4 is 29.1 Å². The fourth-order valence-electron chi connectivity index (χ4n) is 4.38. The topological polar surface area (TPSA) is 115 Å². The fourth-order valence-corrected chi connectivity index (χ4v) is 5.94. The molecule has 1 aromatic heterocycles. The number of ether oxygens (including phenoxy) is 5. The molecular formula is C30H31BrN2O8S. The zero-order valence-corrected chi connectivity index (χ0v) is 26.5. The van der Waals surface area contributed by atoms with Crippen LogP contribution in [0.5, 0.6) is 17.2 Å². The summed E-state index contributed by atoms with van der Waals surface area (Å²) in [5.74, 6) is 0.421. The number of thiazole rings is 1. The first kappa shape index (κ1) is 31.0. The largest absolute Gasteiger partial charge is 0.493 e. The molecule has 0 spiro atoms. The van der Waals surface area contributed by atoms with Gasteiger partial charge in [-0.3, -0.25) is 9.36 Å². The lowest BCUT2D eigenvalue weighted by atomic mass is 9.95. The minimum absolute atomic E-state index is 0.0758. The van der Waals surface area contributed by atoms with Crippen molar-refractivity contribution in [2.24, 2.45) is 4.99 Å². The Balaban J connectivity index is 1.83. The van der Waals surface area contributed by atoms with E-state index in [2.05, 4.69) is 25.7 Å². The third kappa shape index (κ3) is 6.60. The molecule has 3 aromatic rings. The van der Waals surface area contributed by atoms with Gasteiger partial charge in [-0.25, -0.2) is 14.6 Å². The fraction of sp³-hybridized carbons (Fsp3) is 0.333. The van der Waals surface area contributed by atoms with E-state index in [-0.39, 0.29) is 30.5 Å². The molecule has 222 valence electrons. The number of allylic oxidation sites excluding steroid dienone is 1. The molecular weight excluding hydrogens is 628 g/mol. The third-order valence-electron chi connectivity index (χ3n) is 6.21. The molecule has 42 heavy (non-hydrogen) atoms. The first-order valence-electron chi connectivity index (χ1n) is 13.1. The Hall–Kier alpha value is -3.90. The highest BCUT2D eigenvalue weighted by Gasteiger charge is 2.34. The predicted octanol–water partition coefficient (Wildman–Crippen LogP) is 3.91. The summed E-state index contributed by atoms with van der Waals surface area (Å²) in [4.78, 5) is 43.6. The molecule has 4 rings (SSSR count). The van der Waals surface area contributed by atoms with Gasteiger partial charge in [0, 0.05) is 0 Å². The maximum Gasteiger partial charge on any atom is 0.343 e. The molecule has 0 fully saturated rings. The predicted molar refractivity (Wildman–Crippen MR) is 161 cm³/mol. The monoisotopic (exact) mass is 658 g/mol. The van der Waals surface area contributed by atoms with Gasteiger partial charge < -0.3 is 23.7 Å². The highest BCUT2D eigenvalue weighted by molar-refractivity contribution is 9.10. The van der Waals surface area contributed by atoms with Gasteiger partial charge in [-0.15, -0.1) is 0 Å². The van der Waals surface area contributed by atoms with E-state index in [0.717, 1.165) is 0 Å². The minimum atomic E-state index is -0.801. The molecule has 0 N–H and O–H groups in total. The van der Waals surface area contributed by atoms with E-state index in [1.807, 2.05) is 19.9 Å². The highest BCUT2D eigenvalue weighted by Crippen LogP contribution is 2.36. The summed E-state index contributed by atoms with van der Waals surface area (Å²) in [6, 6.07) is 9.77. The van der Waals surface area contributed by atoms with Gasteiger partial charge in [0.05, 0.1) is 53.2 Å². The zero-order chi connectivity index (χ0) is 30.6. The van der Waals surface area contributed by atoms with Crippen molar-refractivity contribution in [2.75, 3.05) is 27.4 Å². The van der Waals surface area contributed by atoms with E-state index >= 15 is 0 Å². The van der Waals surface area contributed by atoms with Gasteiger partial charge in [0.25, 0.3) is 5.56 Å². The molecule has 0 radical (unpaired) electrons. The first-order chi connectivity index (χ1) is 20.1. The number of hydrogen-bond acceptors (Lipinski definition) is 10. The number of halogens is 1. The van der Waals surface area contributed by atoms with Crippen molar-refractivity contribution in [2.45, 2.75) is 39.8 Å². The van der Waals surface area contributed by atoms with E-state index in [1.54, 1.807) is 50.3 Å². The first-order valence-corrected chi connectivity index (χ1v) is 14.7. The van der Waals surface area contributed by atoms with Crippen molar-refractivity contribution in [1.82, 2.24) is 4.57 Å². The molecule has 2 heterocycles. The Labute approximate surface area is 255 Å². The highest BCUT2D eigenvalue weighted by atomic mass is 79.9. The molecule has 12 heteroatoms.